The summed E-state index contributed by atoms with van der Waals surface area (Å²) < 4.78 is 13.0. The monoisotopic (exact) mass is 451 g/mol. The lowest BCUT2D eigenvalue weighted by molar-refractivity contribution is -0.204. The maximum Gasteiger partial charge on any atom is 0.304 e. The van der Waals surface area contributed by atoms with Crippen molar-refractivity contribution in [1.29, 1.82) is 0 Å². The van der Waals surface area contributed by atoms with Crippen LogP contribution in [-0.2, 0) is 14.3 Å². The second-order valence-electron chi connectivity index (χ2n) is 8.28. The Hall–Kier alpha value is -3.65. The molecule has 0 saturated heterocycles. The molecule has 2 aromatic carbocycles. The number of carbonyl (C=O) groups is 2. The van der Waals surface area contributed by atoms with Crippen LogP contribution in [0.15, 0.2) is 73.3 Å². The highest BCUT2D eigenvalue weighted by Gasteiger charge is 2.48. The zero-order valence-electron chi connectivity index (χ0n) is 19.1. The molecule has 33 heavy (non-hydrogen) atoms. The molecule has 1 heterocycles. The van der Waals surface area contributed by atoms with E-state index >= 15 is 0 Å². The number of esters is 1. The van der Waals surface area contributed by atoms with Crippen molar-refractivity contribution in [3.8, 4) is 16.9 Å². The summed E-state index contributed by atoms with van der Waals surface area (Å²) in [5.41, 5.74) is 0.893. The molecule has 1 amide bonds. The highest BCUT2D eigenvalue weighted by atomic mass is 16.6. The fraction of sp³-hybridized carbons (Fsp3) is 0.320. The smallest absolute Gasteiger partial charge is 0.304 e. The van der Waals surface area contributed by atoms with Crippen molar-refractivity contribution >= 4 is 11.9 Å². The Bertz CT molecular complexity index is 1050. The number of aromatic nitrogens is 2. The fourth-order valence-electron chi connectivity index (χ4n) is 3.67. The molecule has 174 valence electrons. The zero-order chi connectivity index (χ0) is 24.0. The Kier molecular flexibility index (Phi) is 7.50. The average Bonchev–Trinajstić information content (AvgIpc) is 3.34. The molecule has 3 aromatic rings. The van der Waals surface area contributed by atoms with E-state index in [1.54, 1.807) is 30.8 Å². The second kappa shape index (κ2) is 10.3. The minimum absolute atomic E-state index is 0.384. The van der Waals surface area contributed by atoms with Crippen molar-refractivity contribution < 1.29 is 24.2 Å². The number of imidazole rings is 1. The SMILES string of the molecule is CNC(=O)C(C(Oc1ccc(-c2ccccc2)cc1)n1ccnc1)C(C)(C)C(O)OC(C)=O. The zero-order valence-corrected chi connectivity index (χ0v) is 19.1. The minimum atomic E-state index is -1.53. The average molecular weight is 452 g/mol. The van der Waals surface area contributed by atoms with Gasteiger partial charge in [0.1, 0.15) is 11.7 Å². The van der Waals surface area contributed by atoms with Crippen LogP contribution in [0.1, 0.15) is 27.0 Å². The van der Waals surface area contributed by atoms with Crippen molar-refractivity contribution in [1.82, 2.24) is 14.9 Å². The molecule has 3 atom stereocenters. The van der Waals surface area contributed by atoms with Gasteiger partial charge in [-0.25, -0.2) is 4.98 Å². The van der Waals surface area contributed by atoms with Gasteiger partial charge in [0.05, 0.1) is 6.33 Å². The number of rotatable bonds is 9. The molecule has 0 radical (unpaired) electrons. The van der Waals surface area contributed by atoms with E-state index in [9.17, 15) is 14.7 Å². The number of ether oxygens (including phenoxy) is 2. The Morgan fingerprint density at radius 1 is 1.06 bits per heavy atom. The van der Waals surface area contributed by atoms with Crippen molar-refractivity contribution in [2.45, 2.75) is 33.3 Å². The Morgan fingerprint density at radius 2 is 1.70 bits per heavy atom. The van der Waals surface area contributed by atoms with E-state index in [1.165, 1.54) is 20.3 Å². The lowest BCUT2D eigenvalue weighted by atomic mass is 9.76. The van der Waals surface area contributed by atoms with Crippen LogP contribution in [-0.4, -0.2) is 39.9 Å². The normalized spacial score (nSPS) is 14.1. The van der Waals surface area contributed by atoms with Gasteiger partial charge in [0.2, 0.25) is 12.2 Å². The van der Waals surface area contributed by atoms with Crippen LogP contribution in [0.5, 0.6) is 5.75 Å². The molecule has 8 heteroatoms. The van der Waals surface area contributed by atoms with Crippen LogP contribution in [0.25, 0.3) is 11.1 Å². The van der Waals surface area contributed by atoms with Gasteiger partial charge in [0.15, 0.2) is 6.23 Å². The number of carbonyl (C=O) groups excluding carboxylic acids is 2. The third kappa shape index (κ3) is 5.59. The quantitative estimate of drug-likeness (QED) is 0.382. The first-order valence-electron chi connectivity index (χ1n) is 10.6. The largest absolute Gasteiger partial charge is 0.469 e. The van der Waals surface area contributed by atoms with Crippen LogP contribution in [0.2, 0.25) is 0 Å². The maximum absolute atomic E-state index is 13.0. The lowest BCUT2D eigenvalue weighted by Crippen LogP contribution is -2.50. The molecule has 0 fully saturated rings. The van der Waals surface area contributed by atoms with Crippen molar-refractivity contribution in [2.75, 3.05) is 7.05 Å². The van der Waals surface area contributed by atoms with E-state index in [4.69, 9.17) is 9.47 Å². The first-order valence-corrected chi connectivity index (χ1v) is 10.6. The topological polar surface area (TPSA) is 103 Å². The molecule has 3 rings (SSSR count). The Morgan fingerprint density at radius 3 is 2.24 bits per heavy atom. The molecular weight excluding hydrogens is 422 g/mol. The van der Waals surface area contributed by atoms with E-state index in [2.05, 4.69) is 10.3 Å². The molecule has 1 aromatic heterocycles. The molecule has 0 aliphatic rings. The summed E-state index contributed by atoms with van der Waals surface area (Å²) in [5.74, 6) is -1.45. The molecule has 0 spiro atoms. The van der Waals surface area contributed by atoms with Gasteiger partial charge in [0, 0.05) is 31.8 Å². The van der Waals surface area contributed by atoms with Gasteiger partial charge in [-0.3, -0.25) is 9.59 Å². The van der Waals surface area contributed by atoms with Crippen molar-refractivity contribution in [2.24, 2.45) is 11.3 Å². The molecular formula is C25H29N3O5. The van der Waals surface area contributed by atoms with Crippen LogP contribution in [0.3, 0.4) is 0 Å². The number of aliphatic hydroxyl groups is 1. The molecule has 0 aliphatic carbocycles. The molecule has 0 saturated carbocycles. The summed E-state index contributed by atoms with van der Waals surface area (Å²) in [6.45, 7) is 4.49. The van der Waals surface area contributed by atoms with E-state index in [1.807, 2.05) is 54.6 Å². The summed E-state index contributed by atoms with van der Waals surface area (Å²) in [6.07, 6.45) is 2.37. The second-order valence-corrected chi connectivity index (χ2v) is 8.28. The third-order valence-corrected chi connectivity index (χ3v) is 5.57. The number of hydrogen-bond acceptors (Lipinski definition) is 6. The number of amides is 1. The van der Waals surface area contributed by atoms with Gasteiger partial charge < -0.3 is 24.5 Å². The lowest BCUT2D eigenvalue weighted by Gasteiger charge is -2.40. The van der Waals surface area contributed by atoms with E-state index < -0.39 is 29.8 Å². The summed E-state index contributed by atoms with van der Waals surface area (Å²) in [5, 5.41) is 13.3. The molecule has 0 aliphatic heterocycles. The first-order chi connectivity index (χ1) is 15.7. The molecule has 2 N–H and O–H groups in total. The predicted octanol–water partition coefficient (Wildman–Crippen LogP) is 3.40. The van der Waals surface area contributed by atoms with Crippen LogP contribution < -0.4 is 10.1 Å². The maximum atomic E-state index is 13.0. The van der Waals surface area contributed by atoms with Gasteiger partial charge in [-0.2, -0.15) is 0 Å². The molecule has 0 bridgehead atoms. The van der Waals surface area contributed by atoms with Gasteiger partial charge in [-0.15, -0.1) is 0 Å². The van der Waals surface area contributed by atoms with Gasteiger partial charge in [0.25, 0.3) is 0 Å². The standard InChI is InChI=1S/C25H29N3O5/c1-17(29)32-24(31)25(2,3)21(22(30)26-4)23(28-15-14-27-16-28)33-20-12-10-19(11-13-20)18-8-6-5-7-9-18/h5-16,21,23-24,31H,1-4H3,(H,26,30). The number of aliphatic hydroxyl groups excluding tert-OH is 1. The van der Waals surface area contributed by atoms with Crippen LogP contribution in [0, 0.1) is 11.3 Å². The fourth-order valence-corrected chi connectivity index (χ4v) is 3.67. The number of nitrogens with one attached hydrogen (secondary N) is 1. The van der Waals surface area contributed by atoms with Gasteiger partial charge in [-0.05, 0) is 23.3 Å². The van der Waals surface area contributed by atoms with E-state index in [-0.39, 0.29) is 5.91 Å². The summed E-state index contributed by atoms with van der Waals surface area (Å²) in [4.78, 5) is 28.6. The molecule has 8 nitrogen and oxygen atoms in total. The van der Waals surface area contributed by atoms with Gasteiger partial charge in [-0.1, -0.05) is 56.3 Å². The summed E-state index contributed by atoms with van der Waals surface area (Å²) in [6, 6.07) is 17.5. The van der Waals surface area contributed by atoms with Crippen molar-refractivity contribution in [3.05, 3.63) is 73.3 Å². The first kappa shape index (κ1) is 24.0. The number of nitrogens with zero attached hydrogens (tertiary/aromatic N) is 2. The van der Waals surface area contributed by atoms with Gasteiger partial charge >= 0.3 is 5.97 Å². The summed E-state index contributed by atoms with van der Waals surface area (Å²) in [7, 11) is 1.50. The predicted molar refractivity (Wildman–Crippen MR) is 123 cm³/mol. The minimum Gasteiger partial charge on any atom is -0.469 e. The highest BCUT2D eigenvalue weighted by Crippen LogP contribution is 2.40. The Labute approximate surface area is 193 Å². The van der Waals surface area contributed by atoms with E-state index in [0.29, 0.717) is 5.75 Å². The number of hydrogen-bond donors (Lipinski definition) is 2. The van der Waals surface area contributed by atoms with Crippen LogP contribution >= 0.6 is 0 Å². The highest BCUT2D eigenvalue weighted by molar-refractivity contribution is 5.79. The molecule has 3 unspecified atom stereocenters. The summed E-state index contributed by atoms with van der Waals surface area (Å²) >= 11 is 0. The van der Waals surface area contributed by atoms with E-state index in [0.717, 1.165) is 11.1 Å². The van der Waals surface area contributed by atoms with Crippen LogP contribution in [0.4, 0.5) is 0 Å². The third-order valence-electron chi connectivity index (χ3n) is 5.57. The number of benzene rings is 2. The van der Waals surface area contributed by atoms with Crippen molar-refractivity contribution in [3.63, 3.8) is 0 Å². The Balaban J connectivity index is 1.96.